The quantitative estimate of drug-likeness (QED) is 0.791. The van der Waals surface area contributed by atoms with E-state index in [1.165, 1.54) is 12.1 Å². The molecule has 3 aromatic rings. The van der Waals surface area contributed by atoms with Crippen molar-refractivity contribution in [3.63, 3.8) is 0 Å². The summed E-state index contributed by atoms with van der Waals surface area (Å²) in [5.41, 5.74) is 1.31. The van der Waals surface area contributed by atoms with Crippen molar-refractivity contribution in [3.05, 3.63) is 41.6 Å². The lowest BCUT2D eigenvalue weighted by atomic mass is 10.1. The Balaban J connectivity index is 1.59. The van der Waals surface area contributed by atoms with Gasteiger partial charge in [0, 0.05) is 17.2 Å². The third-order valence-electron chi connectivity index (χ3n) is 3.73. The molecule has 2 heterocycles. The van der Waals surface area contributed by atoms with Crippen LogP contribution in [-0.2, 0) is 6.18 Å². The molecule has 4 rings (SSSR count). The van der Waals surface area contributed by atoms with Crippen LogP contribution in [0.25, 0.3) is 23.0 Å². The predicted molar refractivity (Wildman–Crippen MR) is 74.3 cm³/mol. The maximum Gasteiger partial charge on any atom is 0.416 e. The lowest BCUT2D eigenvalue weighted by molar-refractivity contribution is -0.137. The fraction of sp³-hybridized carbons (Fsp3) is 0.267. The van der Waals surface area contributed by atoms with Crippen LogP contribution >= 0.6 is 0 Å². The Bertz CT molecular complexity index is 831. The van der Waals surface area contributed by atoms with Crippen LogP contribution in [0.5, 0.6) is 0 Å². The standard InChI is InChI=1S/C15H11F3N4O/c16-15(17,18)10-5-3-9(4-6-10)13-19-14(23-22-13)12-7-11(20-21-12)8-1-2-8/h3-8H,1-2H2,(H,20,21). The highest BCUT2D eigenvalue weighted by atomic mass is 19.4. The highest BCUT2D eigenvalue weighted by Gasteiger charge is 2.30. The zero-order chi connectivity index (χ0) is 16.0. The average molecular weight is 320 g/mol. The molecule has 0 atom stereocenters. The van der Waals surface area contributed by atoms with E-state index in [9.17, 15) is 13.2 Å². The molecule has 1 aliphatic rings. The van der Waals surface area contributed by atoms with E-state index >= 15 is 0 Å². The second kappa shape index (κ2) is 4.94. The molecule has 0 radical (unpaired) electrons. The number of aromatic amines is 1. The van der Waals surface area contributed by atoms with Gasteiger partial charge in [-0.3, -0.25) is 5.10 Å². The van der Waals surface area contributed by atoms with E-state index < -0.39 is 11.7 Å². The first-order valence-corrected chi connectivity index (χ1v) is 7.08. The number of benzene rings is 1. The summed E-state index contributed by atoms with van der Waals surface area (Å²) in [6.45, 7) is 0. The minimum absolute atomic E-state index is 0.227. The van der Waals surface area contributed by atoms with E-state index in [2.05, 4.69) is 20.3 Å². The molecule has 0 unspecified atom stereocenters. The first kappa shape index (κ1) is 14.0. The molecule has 1 fully saturated rings. The SMILES string of the molecule is FC(F)(F)c1ccc(-c2noc(-c3cc(C4CC4)[nH]n3)n2)cc1. The molecule has 0 spiro atoms. The molecule has 0 aliphatic heterocycles. The van der Waals surface area contributed by atoms with E-state index in [-0.39, 0.29) is 11.7 Å². The largest absolute Gasteiger partial charge is 0.416 e. The van der Waals surface area contributed by atoms with Crippen LogP contribution in [0.2, 0.25) is 0 Å². The zero-order valence-electron chi connectivity index (χ0n) is 11.8. The van der Waals surface area contributed by atoms with Crippen molar-refractivity contribution in [2.75, 3.05) is 0 Å². The highest BCUT2D eigenvalue weighted by molar-refractivity contribution is 5.58. The first-order chi connectivity index (χ1) is 11.0. The number of alkyl halides is 3. The van der Waals surface area contributed by atoms with Crippen LogP contribution in [-0.4, -0.2) is 20.3 Å². The summed E-state index contributed by atoms with van der Waals surface area (Å²) >= 11 is 0. The van der Waals surface area contributed by atoms with Gasteiger partial charge in [0.15, 0.2) is 5.69 Å². The van der Waals surface area contributed by atoms with Gasteiger partial charge < -0.3 is 4.52 Å². The second-order valence-corrected chi connectivity index (χ2v) is 5.48. The molecule has 2 aromatic heterocycles. The molecule has 1 aliphatic carbocycles. The van der Waals surface area contributed by atoms with Gasteiger partial charge in [0.05, 0.1) is 5.56 Å². The van der Waals surface area contributed by atoms with E-state index in [0.29, 0.717) is 17.2 Å². The number of nitrogens with zero attached hydrogens (tertiary/aromatic N) is 3. The van der Waals surface area contributed by atoms with Gasteiger partial charge in [0.1, 0.15) is 0 Å². The first-order valence-electron chi connectivity index (χ1n) is 7.08. The van der Waals surface area contributed by atoms with E-state index in [1.54, 1.807) is 0 Å². The predicted octanol–water partition coefficient (Wildman–Crippen LogP) is 4.02. The molecular weight excluding hydrogens is 309 g/mol. The van der Waals surface area contributed by atoms with Crippen molar-refractivity contribution in [2.45, 2.75) is 24.9 Å². The van der Waals surface area contributed by atoms with Crippen molar-refractivity contribution in [2.24, 2.45) is 0 Å². The Kier molecular flexibility index (Phi) is 3.00. The summed E-state index contributed by atoms with van der Waals surface area (Å²) in [4.78, 5) is 4.19. The molecule has 23 heavy (non-hydrogen) atoms. The molecule has 5 nitrogen and oxygen atoms in total. The number of halogens is 3. The Morgan fingerprint density at radius 2 is 1.87 bits per heavy atom. The smallest absolute Gasteiger partial charge is 0.332 e. The van der Waals surface area contributed by atoms with Gasteiger partial charge in [0.2, 0.25) is 5.82 Å². The topological polar surface area (TPSA) is 67.6 Å². The highest BCUT2D eigenvalue weighted by Crippen LogP contribution is 2.40. The fourth-order valence-corrected chi connectivity index (χ4v) is 2.30. The van der Waals surface area contributed by atoms with Gasteiger partial charge in [-0.15, -0.1) is 0 Å². The summed E-state index contributed by atoms with van der Waals surface area (Å²) in [6, 6.07) is 6.48. The molecule has 8 heteroatoms. The summed E-state index contributed by atoms with van der Waals surface area (Å²) in [7, 11) is 0. The van der Waals surface area contributed by atoms with Crippen LogP contribution in [0.1, 0.15) is 30.0 Å². The molecule has 1 aromatic carbocycles. The lowest BCUT2D eigenvalue weighted by Gasteiger charge is -2.05. The van der Waals surface area contributed by atoms with Gasteiger partial charge in [-0.2, -0.15) is 23.3 Å². The van der Waals surface area contributed by atoms with Crippen molar-refractivity contribution in [1.82, 2.24) is 20.3 Å². The van der Waals surface area contributed by atoms with Gasteiger partial charge in [-0.05, 0) is 31.0 Å². The molecule has 0 bridgehead atoms. The van der Waals surface area contributed by atoms with Gasteiger partial charge in [-0.25, -0.2) is 0 Å². The fourth-order valence-electron chi connectivity index (χ4n) is 2.30. The zero-order valence-corrected chi connectivity index (χ0v) is 11.8. The minimum atomic E-state index is -4.37. The van der Waals surface area contributed by atoms with Crippen LogP contribution in [0.15, 0.2) is 34.9 Å². The Labute approximate surface area is 128 Å². The average Bonchev–Trinajstić information content (AvgIpc) is 3.07. The summed E-state index contributed by atoms with van der Waals surface area (Å²) < 4.78 is 42.8. The normalized spacial score (nSPS) is 15.1. The number of nitrogens with one attached hydrogen (secondary N) is 1. The van der Waals surface area contributed by atoms with Crippen LogP contribution < -0.4 is 0 Å². The Hall–Kier alpha value is -2.64. The van der Waals surface area contributed by atoms with Crippen LogP contribution in [0.4, 0.5) is 13.2 Å². The van der Waals surface area contributed by atoms with Gasteiger partial charge >= 0.3 is 6.18 Å². The van der Waals surface area contributed by atoms with Crippen molar-refractivity contribution >= 4 is 0 Å². The molecule has 1 saturated carbocycles. The number of hydrogen-bond acceptors (Lipinski definition) is 4. The monoisotopic (exact) mass is 320 g/mol. The molecule has 1 N–H and O–H groups in total. The molecule has 0 amide bonds. The lowest BCUT2D eigenvalue weighted by Crippen LogP contribution is -2.04. The molecule has 118 valence electrons. The summed E-state index contributed by atoms with van der Waals surface area (Å²) in [5.74, 6) is 0.987. The minimum Gasteiger partial charge on any atom is -0.332 e. The van der Waals surface area contributed by atoms with Crippen molar-refractivity contribution < 1.29 is 17.7 Å². The van der Waals surface area contributed by atoms with Crippen LogP contribution in [0.3, 0.4) is 0 Å². The van der Waals surface area contributed by atoms with E-state index in [0.717, 1.165) is 30.7 Å². The van der Waals surface area contributed by atoms with Crippen molar-refractivity contribution in [3.8, 4) is 23.0 Å². The number of hydrogen-bond donors (Lipinski definition) is 1. The maximum absolute atomic E-state index is 12.6. The number of rotatable bonds is 3. The maximum atomic E-state index is 12.6. The summed E-state index contributed by atoms with van der Waals surface area (Å²) in [6.07, 6.45) is -2.08. The number of H-pyrrole nitrogens is 1. The second-order valence-electron chi connectivity index (χ2n) is 5.48. The van der Waals surface area contributed by atoms with E-state index in [1.807, 2.05) is 6.07 Å². The Morgan fingerprint density at radius 3 is 2.52 bits per heavy atom. The molecular formula is C15H11F3N4O. The third kappa shape index (κ3) is 2.71. The van der Waals surface area contributed by atoms with Crippen molar-refractivity contribution in [1.29, 1.82) is 0 Å². The Morgan fingerprint density at radius 1 is 1.13 bits per heavy atom. The van der Waals surface area contributed by atoms with E-state index in [4.69, 9.17) is 4.52 Å². The third-order valence-corrected chi connectivity index (χ3v) is 3.73. The molecule has 0 saturated heterocycles. The van der Waals surface area contributed by atoms with Gasteiger partial charge in [0.25, 0.3) is 5.89 Å². The van der Waals surface area contributed by atoms with Crippen LogP contribution in [0, 0.1) is 0 Å². The summed E-state index contributed by atoms with van der Waals surface area (Å²) in [5, 5.41) is 10.9. The number of aromatic nitrogens is 4. The van der Waals surface area contributed by atoms with Gasteiger partial charge in [-0.1, -0.05) is 17.3 Å².